The largest absolute Gasteiger partial charge is 0.456 e. The topological polar surface area (TPSA) is 77.6 Å². The summed E-state index contributed by atoms with van der Waals surface area (Å²) in [6.45, 7) is 0. The van der Waals surface area contributed by atoms with Crippen LogP contribution in [-0.4, -0.2) is 24.9 Å². The fourth-order valence-corrected chi connectivity index (χ4v) is 7.11. The molecule has 0 radical (unpaired) electrons. The molecule has 5 aromatic heterocycles. The van der Waals surface area contributed by atoms with Crippen LogP contribution in [0.2, 0.25) is 0 Å². The Morgan fingerprint density at radius 1 is 0.291 bits per heavy atom. The minimum atomic E-state index is 0.771. The molecule has 0 spiro atoms. The third-order valence-electron chi connectivity index (χ3n) is 9.81. The molecule has 5 heterocycles. The van der Waals surface area contributed by atoms with Crippen LogP contribution in [0.3, 0.4) is 0 Å². The predicted octanol–water partition coefficient (Wildman–Crippen LogP) is 12.2. The van der Waals surface area contributed by atoms with E-state index in [-0.39, 0.29) is 0 Å². The van der Waals surface area contributed by atoms with Crippen LogP contribution in [0, 0.1) is 0 Å². The van der Waals surface area contributed by atoms with Crippen LogP contribution in [0.25, 0.3) is 101 Å². The number of fused-ring (bicyclic) bond motifs is 3. The number of rotatable bonds is 7. The van der Waals surface area contributed by atoms with E-state index in [2.05, 4.69) is 94.9 Å². The van der Waals surface area contributed by atoms with E-state index >= 15 is 0 Å². The number of benzene rings is 5. The van der Waals surface area contributed by atoms with Crippen molar-refractivity contribution in [2.45, 2.75) is 0 Å². The van der Waals surface area contributed by atoms with Gasteiger partial charge in [0.15, 0.2) is 0 Å². The Morgan fingerprint density at radius 3 is 1.35 bits per heavy atom. The van der Waals surface area contributed by atoms with Crippen molar-refractivity contribution in [2.75, 3.05) is 0 Å². The summed E-state index contributed by atoms with van der Waals surface area (Å²) < 4.78 is 6.35. The van der Waals surface area contributed by atoms with Gasteiger partial charge in [-0.3, -0.25) is 9.97 Å². The van der Waals surface area contributed by atoms with E-state index in [0.717, 1.165) is 101 Å². The van der Waals surface area contributed by atoms with Crippen molar-refractivity contribution in [1.82, 2.24) is 24.9 Å². The zero-order chi connectivity index (χ0) is 36.6. The normalized spacial score (nSPS) is 11.3. The number of pyridine rings is 3. The van der Waals surface area contributed by atoms with Crippen LogP contribution < -0.4 is 0 Å². The molecule has 6 heteroatoms. The summed E-state index contributed by atoms with van der Waals surface area (Å²) in [6, 6.07) is 59.4. The maximum Gasteiger partial charge on any atom is 0.136 e. The zero-order valence-corrected chi connectivity index (χ0v) is 29.5. The lowest BCUT2D eigenvalue weighted by molar-refractivity contribution is 0.669. The first-order valence-corrected chi connectivity index (χ1v) is 18.2. The van der Waals surface area contributed by atoms with Crippen molar-refractivity contribution >= 4 is 21.9 Å². The molecule has 0 N–H and O–H groups in total. The summed E-state index contributed by atoms with van der Waals surface area (Å²) in [5, 5.41) is 2.15. The standard InChI is InChI=1S/C49H31N5O/c1-3-13-33(14-4-1)46-47(34-15-5-2-6-16-34)54-49(36-25-26-39-38-17-7-8-20-44(38)55-45(39)31-36)48(53-46)35-23-21-32(22-24-35)37-29-42(40-18-9-11-27-50-40)52-43(30-37)41-19-10-12-28-51-41/h1-31H. The third kappa shape index (κ3) is 6.11. The van der Waals surface area contributed by atoms with Crippen molar-refractivity contribution in [3.63, 3.8) is 0 Å². The first-order valence-electron chi connectivity index (χ1n) is 18.2. The van der Waals surface area contributed by atoms with Gasteiger partial charge in [0.05, 0.1) is 45.6 Å². The van der Waals surface area contributed by atoms with Gasteiger partial charge in [-0.25, -0.2) is 15.0 Å². The van der Waals surface area contributed by atoms with E-state index in [1.54, 1.807) is 12.4 Å². The fourth-order valence-electron chi connectivity index (χ4n) is 7.11. The lowest BCUT2D eigenvalue weighted by Gasteiger charge is -2.16. The molecule has 0 atom stereocenters. The van der Waals surface area contributed by atoms with Gasteiger partial charge in [-0.05, 0) is 65.7 Å². The van der Waals surface area contributed by atoms with Gasteiger partial charge in [0.25, 0.3) is 0 Å². The highest BCUT2D eigenvalue weighted by Crippen LogP contribution is 2.40. The molecule has 0 saturated carbocycles. The quantitative estimate of drug-likeness (QED) is 0.164. The van der Waals surface area contributed by atoms with Gasteiger partial charge in [0.2, 0.25) is 0 Å². The molecule has 10 rings (SSSR count). The van der Waals surface area contributed by atoms with Crippen molar-refractivity contribution in [1.29, 1.82) is 0 Å². The molecule has 6 nitrogen and oxygen atoms in total. The van der Waals surface area contributed by atoms with Crippen LogP contribution >= 0.6 is 0 Å². The van der Waals surface area contributed by atoms with E-state index in [9.17, 15) is 0 Å². The van der Waals surface area contributed by atoms with Crippen molar-refractivity contribution in [3.05, 3.63) is 188 Å². The van der Waals surface area contributed by atoms with Gasteiger partial charge >= 0.3 is 0 Å². The number of hydrogen-bond acceptors (Lipinski definition) is 6. The molecule has 0 aliphatic carbocycles. The van der Waals surface area contributed by atoms with E-state index in [1.807, 2.05) is 91.0 Å². The monoisotopic (exact) mass is 705 g/mol. The SMILES string of the molecule is c1ccc(-c2nc(-c3ccc(-c4cc(-c5ccccn5)nc(-c5ccccn5)c4)cc3)c(-c3ccc4c(c3)oc3ccccc34)nc2-c2ccccc2)cc1. The number of furan rings is 1. The molecule has 0 aliphatic rings. The second-order valence-corrected chi connectivity index (χ2v) is 13.3. The van der Waals surface area contributed by atoms with Crippen LogP contribution in [0.4, 0.5) is 0 Å². The Labute approximate surface area is 317 Å². The molecule has 0 aliphatic heterocycles. The highest BCUT2D eigenvalue weighted by Gasteiger charge is 2.21. The van der Waals surface area contributed by atoms with Crippen molar-refractivity contribution in [2.24, 2.45) is 0 Å². The first kappa shape index (κ1) is 32.1. The lowest BCUT2D eigenvalue weighted by Crippen LogP contribution is -2.01. The molecule has 0 saturated heterocycles. The van der Waals surface area contributed by atoms with Crippen molar-refractivity contribution in [3.8, 4) is 78.9 Å². The van der Waals surface area contributed by atoms with Crippen LogP contribution in [0.5, 0.6) is 0 Å². The summed E-state index contributed by atoms with van der Waals surface area (Å²) in [5.41, 5.74) is 13.9. The van der Waals surface area contributed by atoms with Crippen LogP contribution in [-0.2, 0) is 0 Å². The molecule has 10 aromatic rings. The highest BCUT2D eigenvalue weighted by molar-refractivity contribution is 6.06. The van der Waals surface area contributed by atoms with Crippen LogP contribution in [0.15, 0.2) is 193 Å². The number of nitrogens with zero attached hydrogens (tertiary/aromatic N) is 5. The summed E-state index contributed by atoms with van der Waals surface area (Å²) in [7, 11) is 0. The van der Waals surface area contributed by atoms with Crippen LogP contribution in [0.1, 0.15) is 0 Å². The van der Waals surface area contributed by atoms with Gasteiger partial charge in [-0.15, -0.1) is 0 Å². The molecule has 55 heavy (non-hydrogen) atoms. The maximum absolute atomic E-state index is 6.35. The van der Waals surface area contributed by atoms with Gasteiger partial charge < -0.3 is 4.42 Å². The van der Waals surface area contributed by atoms with E-state index in [0.29, 0.717) is 0 Å². The Kier molecular flexibility index (Phi) is 8.04. The van der Waals surface area contributed by atoms with Gasteiger partial charge in [-0.2, -0.15) is 0 Å². The fraction of sp³-hybridized carbons (Fsp3) is 0. The van der Waals surface area contributed by atoms with Crippen molar-refractivity contribution < 1.29 is 4.42 Å². The first-order chi connectivity index (χ1) is 27.2. The lowest BCUT2D eigenvalue weighted by atomic mass is 9.97. The highest BCUT2D eigenvalue weighted by atomic mass is 16.3. The van der Waals surface area contributed by atoms with Gasteiger partial charge in [-0.1, -0.05) is 121 Å². The van der Waals surface area contributed by atoms with E-state index in [4.69, 9.17) is 19.4 Å². The minimum Gasteiger partial charge on any atom is -0.456 e. The average Bonchev–Trinajstić information content (AvgIpc) is 3.65. The second kappa shape index (κ2) is 13.8. The summed E-state index contributed by atoms with van der Waals surface area (Å²) in [4.78, 5) is 25.1. The smallest absolute Gasteiger partial charge is 0.136 e. The Bertz CT molecular complexity index is 2890. The Balaban J connectivity index is 1.15. The minimum absolute atomic E-state index is 0.771. The molecule has 0 bridgehead atoms. The number of para-hydroxylation sites is 1. The number of aromatic nitrogens is 5. The molecule has 0 fully saturated rings. The molecule has 0 amide bonds. The van der Waals surface area contributed by atoms with E-state index in [1.165, 1.54) is 0 Å². The second-order valence-electron chi connectivity index (χ2n) is 13.3. The zero-order valence-electron chi connectivity index (χ0n) is 29.5. The Morgan fingerprint density at radius 2 is 0.764 bits per heavy atom. The van der Waals surface area contributed by atoms with E-state index < -0.39 is 0 Å². The average molecular weight is 706 g/mol. The summed E-state index contributed by atoms with van der Waals surface area (Å²) >= 11 is 0. The molecular formula is C49H31N5O. The van der Waals surface area contributed by atoms with Gasteiger partial charge in [0.1, 0.15) is 11.2 Å². The molecular weight excluding hydrogens is 675 g/mol. The third-order valence-corrected chi connectivity index (χ3v) is 9.81. The molecule has 258 valence electrons. The predicted molar refractivity (Wildman–Crippen MR) is 221 cm³/mol. The summed E-state index contributed by atoms with van der Waals surface area (Å²) in [5.74, 6) is 0. The molecule has 0 unspecified atom stereocenters. The summed E-state index contributed by atoms with van der Waals surface area (Å²) in [6.07, 6.45) is 3.58. The Hall–Kier alpha value is -7.57. The maximum atomic E-state index is 6.35. The molecule has 5 aromatic carbocycles. The number of hydrogen-bond donors (Lipinski definition) is 0. The van der Waals surface area contributed by atoms with Gasteiger partial charge in [0, 0.05) is 45.4 Å².